The number of carbonyl (C=O) groups excluding carboxylic acids is 2. The van der Waals surface area contributed by atoms with Gasteiger partial charge in [-0.2, -0.15) is 0 Å². The molecule has 7 nitrogen and oxygen atoms in total. The Morgan fingerprint density at radius 1 is 1.04 bits per heavy atom. The van der Waals surface area contributed by atoms with Crippen LogP contribution in [-0.2, 0) is 4.79 Å². The van der Waals surface area contributed by atoms with E-state index in [-0.39, 0.29) is 11.8 Å². The molecule has 0 aliphatic heterocycles. The van der Waals surface area contributed by atoms with Gasteiger partial charge in [0.15, 0.2) is 0 Å². The second-order valence-electron chi connectivity index (χ2n) is 5.80. The predicted molar refractivity (Wildman–Crippen MR) is 94.1 cm³/mol. The van der Waals surface area contributed by atoms with Gasteiger partial charge in [-0.3, -0.25) is 9.59 Å². The molecule has 0 spiro atoms. The van der Waals surface area contributed by atoms with E-state index >= 15 is 0 Å². The Labute approximate surface area is 141 Å². The Kier molecular flexibility index (Phi) is 5.13. The molecular formula is C17H21N5O2. The molecule has 1 N–H and O–H groups in total. The van der Waals surface area contributed by atoms with Gasteiger partial charge in [0.2, 0.25) is 5.91 Å². The van der Waals surface area contributed by atoms with Gasteiger partial charge in [0.05, 0.1) is 5.56 Å². The number of nitrogens with one attached hydrogen (secondary N) is 1. The number of pyridine rings is 2. The molecule has 2 heterocycles. The maximum atomic E-state index is 12.5. The number of hydrogen-bond acceptors (Lipinski definition) is 5. The van der Waals surface area contributed by atoms with Crippen LogP contribution in [-0.4, -0.2) is 54.9 Å². The Morgan fingerprint density at radius 3 is 2.33 bits per heavy atom. The van der Waals surface area contributed by atoms with Crippen molar-refractivity contribution in [3.05, 3.63) is 36.2 Å². The summed E-state index contributed by atoms with van der Waals surface area (Å²) in [5, 5.41) is 2.65. The summed E-state index contributed by atoms with van der Waals surface area (Å²) in [6, 6.07) is 5.36. The number of hydrogen-bond donors (Lipinski definition) is 1. The summed E-state index contributed by atoms with van der Waals surface area (Å²) in [5.74, 6) is 0.749. The molecule has 0 saturated carbocycles. The molecule has 2 aromatic rings. The largest absolute Gasteiger partial charge is 0.362 e. The topological polar surface area (TPSA) is 78.4 Å². The molecular weight excluding hydrogens is 306 g/mol. The van der Waals surface area contributed by atoms with Gasteiger partial charge in [-0.25, -0.2) is 9.97 Å². The highest BCUT2D eigenvalue weighted by atomic mass is 16.2. The summed E-state index contributed by atoms with van der Waals surface area (Å²) >= 11 is 0. The van der Waals surface area contributed by atoms with Crippen molar-refractivity contribution in [1.29, 1.82) is 0 Å². The van der Waals surface area contributed by atoms with Gasteiger partial charge in [0.1, 0.15) is 11.6 Å². The molecule has 0 radical (unpaired) electrons. The molecule has 0 fully saturated rings. The third-order valence-corrected chi connectivity index (χ3v) is 3.32. The standard InChI is InChI=1S/C17H21N5O2/c1-11(23)20-15-9-12(6-7-18-15)13-8-14(17(24)22(4)5)16(19-10-13)21(2)3/h6-10H,1-5H3,(H,18,20,23). The van der Waals surface area contributed by atoms with E-state index in [0.717, 1.165) is 11.1 Å². The summed E-state index contributed by atoms with van der Waals surface area (Å²) in [5.41, 5.74) is 2.11. The molecule has 0 saturated heterocycles. The Hall–Kier alpha value is -2.96. The molecule has 0 aliphatic carbocycles. The maximum Gasteiger partial charge on any atom is 0.257 e. The van der Waals surface area contributed by atoms with Gasteiger partial charge >= 0.3 is 0 Å². The maximum absolute atomic E-state index is 12.5. The van der Waals surface area contributed by atoms with Crippen LogP contribution in [0.2, 0.25) is 0 Å². The Morgan fingerprint density at radius 2 is 1.75 bits per heavy atom. The van der Waals surface area contributed by atoms with Crippen LogP contribution >= 0.6 is 0 Å². The van der Waals surface area contributed by atoms with Crippen molar-refractivity contribution in [2.24, 2.45) is 0 Å². The Balaban J connectivity index is 2.50. The highest BCUT2D eigenvalue weighted by Gasteiger charge is 2.17. The van der Waals surface area contributed by atoms with Crippen molar-refractivity contribution in [2.75, 3.05) is 38.4 Å². The smallest absolute Gasteiger partial charge is 0.257 e. The quantitative estimate of drug-likeness (QED) is 0.927. The molecule has 126 valence electrons. The third kappa shape index (κ3) is 3.87. The fourth-order valence-electron chi connectivity index (χ4n) is 2.23. The first kappa shape index (κ1) is 17.4. The second kappa shape index (κ2) is 7.08. The van der Waals surface area contributed by atoms with Crippen molar-refractivity contribution in [2.45, 2.75) is 6.92 Å². The lowest BCUT2D eigenvalue weighted by Gasteiger charge is -2.19. The zero-order valence-electron chi connectivity index (χ0n) is 14.5. The van der Waals surface area contributed by atoms with E-state index in [1.165, 1.54) is 11.8 Å². The van der Waals surface area contributed by atoms with Crippen LogP contribution in [0.5, 0.6) is 0 Å². The number of rotatable bonds is 4. The first-order valence-corrected chi connectivity index (χ1v) is 7.42. The Bertz CT molecular complexity index is 771. The number of aromatic nitrogens is 2. The third-order valence-electron chi connectivity index (χ3n) is 3.32. The van der Waals surface area contributed by atoms with E-state index in [2.05, 4.69) is 15.3 Å². The predicted octanol–water partition coefficient (Wildman–Crippen LogP) is 1.87. The lowest BCUT2D eigenvalue weighted by atomic mass is 10.1. The lowest BCUT2D eigenvalue weighted by molar-refractivity contribution is -0.114. The minimum atomic E-state index is -0.191. The molecule has 0 bridgehead atoms. The van der Waals surface area contributed by atoms with Crippen LogP contribution in [0.15, 0.2) is 30.6 Å². The van der Waals surface area contributed by atoms with Gasteiger partial charge in [0, 0.05) is 53.1 Å². The van der Waals surface area contributed by atoms with Gasteiger partial charge in [-0.1, -0.05) is 0 Å². The van der Waals surface area contributed by atoms with Crippen molar-refractivity contribution >= 4 is 23.5 Å². The van der Waals surface area contributed by atoms with E-state index in [0.29, 0.717) is 17.2 Å². The van der Waals surface area contributed by atoms with E-state index in [4.69, 9.17) is 0 Å². The summed E-state index contributed by atoms with van der Waals surface area (Å²) in [7, 11) is 7.09. The summed E-state index contributed by atoms with van der Waals surface area (Å²) in [6.07, 6.45) is 3.31. The van der Waals surface area contributed by atoms with Crippen LogP contribution in [0.3, 0.4) is 0 Å². The number of amides is 2. The number of anilines is 2. The van der Waals surface area contributed by atoms with Gasteiger partial charge in [0.25, 0.3) is 5.91 Å². The number of carbonyl (C=O) groups is 2. The van der Waals surface area contributed by atoms with Crippen LogP contribution in [0.25, 0.3) is 11.1 Å². The zero-order valence-corrected chi connectivity index (χ0v) is 14.5. The summed E-state index contributed by atoms with van der Waals surface area (Å²) in [4.78, 5) is 35.5. The van der Waals surface area contributed by atoms with E-state index < -0.39 is 0 Å². The SMILES string of the molecule is CC(=O)Nc1cc(-c2cnc(N(C)C)c(C(=O)N(C)C)c2)ccn1. The second-order valence-corrected chi connectivity index (χ2v) is 5.80. The summed E-state index contributed by atoms with van der Waals surface area (Å²) in [6.45, 7) is 1.43. The first-order chi connectivity index (χ1) is 11.3. The number of nitrogens with zero attached hydrogens (tertiary/aromatic N) is 4. The molecule has 0 aliphatic rings. The average Bonchev–Trinajstić information content (AvgIpc) is 2.53. The van der Waals surface area contributed by atoms with E-state index in [9.17, 15) is 9.59 Å². The molecule has 2 amide bonds. The minimum Gasteiger partial charge on any atom is -0.362 e. The van der Waals surface area contributed by atoms with Crippen molar-refractivity contribution < 1.29 is 9.59 Å². The first-order valence-electron chi connectivity index (χ1n) is 7.42. The zero-order chi connectivity index (χ0) is 17.9. The highest BCUT2D eigenvalue weighted by molar-refractivity contribution is 5.99. The van der Waals surface area contributed by atoms with Crippen molar-refractivity contribution in [3.8, 4) is 11.1 Å². The van der Waals surface area contributed by atoms with Crippen LogP contribution in [0, 0.1) is 0 Å². The van der Waals surface area contributed by atoms with E-state index in [1.807, 2.05) is 20.2 Å². The molecule has 0 aromatic carbocycles. The van der Waals surface area contributed by atoms with Crippen molar-refractivity contribution in [1.82, 2.24) is 14.9 Å². The monoisotopic (exact) mass is 327 g/mol. The average molecular weight is 327 g/mol. The van der Waals surface area contributed by atoms with Crippen LogP contribution in [0.1, 0.15) is 17.3 Å². The molecule has 0 atom stereocenters. The lowest BCUT2D eigenvalue weighted by Crippen LogP contribution is -2.25. The van der Waals surface area contributed by atoms with E-state index in [1.54, 1.807) is 43.5 Å². The normalized spacial score (nSPS) is 10.2. The minimum absolute atomic E-state index is 0.121. The van der Waals surface area contributed by atoms with Gasteiger partial charge in [-0.15, -0.1) is 0 Å². The molecule has 7 heteroatoms. The molecule has 2 rings (SSSR count). The fraction of sp³-hybridized carbons (Fsp3) is 0.294. The highest BCUT2D eigenvalue weighted by Crippen LogP contribution is 2.26. The van der Waals surface area contributed by atoms with Gasteiger partial charge < -0.3 is 15.1 Å². The molecule has 24 heavy (non-hydrogen) atoms. The van der Waals surface area contributed by atoms with Crippen LogP contribution in [0.4, 0.5) is 11.6 Å². The van der Waals surface area contributed by atoms with Gasteiger partial charge in [-0.05, 0) is 23.8 Å². The molecule has 2 aromatic heterocycles. The van der Waals surface area contributed by atoms with Crippen LogP contribution < -0.4 is 10.2 Å². The van der Waals surface area contributed by atoms with Crippen molar-refractivity contribution in [3.63, 3.8) is 0 Å². The fourth-order valence-corrected chi connectivity index (χ4v) is 2.23. The molecule has 0 unspecified atom stereocenters. The summed E-state index contributed by atoms with van der Waals surface area (Å²) < 4.78 is 0.